The van der Waals surface area contributed by atoms with Gasteiger partial charge in [-0.3, -0.25) is 0 Å². The average molecular weight is 229 g/mol. The topological polar surface area (TPSA) is 0 Å². The minimum atomic E-state index is 0.789. The van der Waals surface area contributed by atoms with Gasteiger partial charge in [0.05, 0.1) is 0 Å². The fourth-order valence-electron chi connectivity index (χ4n) is 1.57. The molecule has 0 amide bonds. The Hall–Kier alpha value is -1.53. The van der Waals surface area contributed by atoms with Crippen molar-refractivity contribution in [1.82, 2.24) is 0 Å². The number of halogens is 1. The molecule has 0 saturated carbocycles. The van der Waals surface area contributed by atoms with Crippen molar-refractivity contribution in [3.8, 4) is 0 Å². The van der Waals surface area contributed by atoms with Gasteiger partial charge in [0.1, 0.15) is 0 Å². The Balaban J connectivity index is 2.09. The zero-order valence-corrected chi connectivity index (χ0v) is 9.69. The van der Waals surface area contributed by atoms with E-state index >= 15 is 0 Å². The van der Waals surface area contributed by atoms with Crippen molar-refractivity contribution in [2.75, 3.05) is 0 Å². The summed E-state index contributed by atoms with van der Waals surface area (Å²) in [6.45, 7) is 0. The van der Waals surface area contributed by atoms with Gasteiger partial charge in [0.15, 0.2) is 0 Å². The molecule has 0 aliphatic carbocycles. The molecule has 0 aliphatic rings. The summed E-state index contributed by atoms with van der Waals surface area (Å²) in [6, 6.07) is 20.4. The van der Waals surface area contributed by atoms with Gasteiger partial charge in [0, 0.05) is 11.5 Å². The van der Waals surface area contributed by atoms with Crippen molar-refractivity contribution in [2.24, 2.45) is 0 Å². The molecule has 0 atom stereocenters. The van der Waals surface area contributed by atoms with E-state index in [-0.39, 0.29) is 0 Å². The summed E-state index contributed by atoms with van der Waals surface area (Å²) < 4.78 is 0. The number of benzene rings is 2. The predicted molar refractivity (Wildman–Crippen MR) is 70.4 cm³/mol. The van der Waals surface area contributed by atoms with Crippen LogP contribution in [-0.2, 0) is 6.42 Å². The number of hydrogen-bond donors (Lipinski definition) is 0. The smallest absolute Gasteiger partial charge is 0.0230 e. The molecule has 16 heavy (non-hydrogen) atoms. The summed E-state index contributed by atoms with van der Waals surface area (Å²) in [4.78, 5) is 0. The molecular formula is C15H13Cl. The highest BCUT2D eigenvalue weighted by Crippen LogP contribution is 2.15. The van der Waals surface area contributed by atoms with Crippen LogP contribution in [0.1, 0.15) is 11.1 Å². The first kappa shape index (κ1) is 11.0. The predicted octanol–water partition coefficient (Wildman–Crippen LogP) is 4.51. The second-order valence-corrected chi connectivity index (χ2v) is 4.15. The molecule has 0 radical (unpaired) electrons. The second kappa shape index (κ2) is 5.53. The molecule has 80 valence electrons. The molecule has 0 heterocycles. The van der Waals surface area contributed by atoms with E-state index in [0.29, 0.717) is 0 Å². The normalized spacial score (nSPS) is 11.4. The summed E-state index contributed by atoms with van der Waals surface area (Å²) in [6.07, 6.45) is 2.80. The van der Waals surface area contributed by atoms with Gasteiger partial charge in [-0.05, 0) is 17.2 Å². The Bertz CT molecular complexity index is 457. The van der Waals surface area contributed by atoms with E-state index in [1.165, 1.54) is 5.56 Å². The van der Waals surface area contributed by atoms with Crippen molar-refractivity contribution in [2.45, 2.75) is 6.42 Å². The van der Waals surface area contributed by atoms with Gasteiger partial charge in [-0.15, -0.1) is 0 Å². The summed E-state index contributed by atoms with van der Waals surface area (Å²) >= 11 is 6.21. The van der Waals surface area contributed by atoms with Crippen LogP contribution in [0.4, 0.5) is 0 Å². The first-order chi connectivity index (χ1) is 7.84. The fraction of sp³-hybridized carbons (Fsp3) is 0.0667. The van der Waals surface area contributed by atoms with E-state index in [0.717, 1.165) is 17.0 Å². The molecule has 0 saturated heterocycles. The van der Waals surface area contributed by atoms with Crippen molar-refractivity contribution in [1.29, 1.82) is 0 Å². The van der Waals surface area contributed by atoms with Crippen LogP contribution in [0.15, 0.2) is 65.7 Å². The summed E-state index contributed by atoms with van der Waals surface area (Å²) in [7, 11) is 0. The number of allylic oxidation sites excluding steroid dienone is 1. The third-order valence-corrected chi connectivity index (χ3v) is 2.58. The standard InChI is InChI=1S/C15H13Cl/c16-15(11-13-7-3-1-4-8-13)12-14-9-5-2-6-10-14/h1-11H,12H2. The molecule has 1 heteroatoms. The van der Waals surface area contributed by atoms with Crippen LogP contribution in [0, 0.1) is 0 Å². The molecule has 0 fully saturated rings. The van der Waals surface area contributed by atoms with Gasteiger partial charge in [0.25, 0.3) is 0 Å². The maximum Gasteiger partial charge on any atom is 0.0230 e. The maximum absolute atomic E-state index is 6.21. The van der Waals surface area contributed by atoms with Crippen molar-refractivity contribution < 1.29 is 0 Å². The molecule has 0 spiro atoms. The fourth-order valence-corrected chi connectivity index (χ4v) is 1.85. The van der Waals surface area contributed by atoms with E-state index in [9.17, 15) is 0 Å². The second-order valence-electron chi connectivity index (χ2n) is 3.66. The van der Waals surface area contributed by atoms with Crippen LogP contribution in [0.5, 0.6) is 0 Å². The Morgan fingerprint density at radius 2 is 1.44 bits per heavy atom. The minimum absolute atomic E-state index is 0.789. The quantitative estimate of drug-likeness (QED) is 0.725. The van der Waals surface area contributed by atoms with E-state index in [4.69, 9.17) is 11.6 Å². The molecule has 0 aliphatic heterocycles. The Kier molecular flexibility index (Phi) is 3.79. The van der Waals surface area contributed by atoms with Crippen LogP contribution in [0.2, 0.25) is 0 Å². The van der Waals surface area contributed by atoms with Crippen LogP contribution in [-0.4, -0.2) is 0 Å². The third-order valence-electron chi connectivity index (χ3n) is 2.34. The Morgan fingerprint density at radius 3 is 2.06 bits per heavy atom. The highest BCUT2D eigenvalue weighted by molar-refractivity contribution is 6.31. The molecule has 0 N–H and O–H groups in total. The lowest BCUT2D eigenvalue weighted by atomic mass is 10.1. The summed E-state index contributed by atoms with van der Waals surface area (Å²) in [5.74, 6) is 0. The molecule has 2 aromatic carbocycles. The monoisotopic (exact) mass is 228 g/mol. The Labute approximate surface area is 101 Å². The largest absolute Gasteiger partial charge is 0.0888 e. The van der Waals surface area contributed by atoms with Gasteiger partial charge in [0.2, 0.25) is 0 Å². The lowest BCUT2D eigenvalue weighted by Crippen LogP contribution is -1.83. The van der Waals surface area contributed by atoms with E-state index in [2.05, 4.69) is 12.1 Å². The molecule has 0 unspecified atom stereocenters. The van der Waals surface area contributed by atoms with Crippen molar-refractivity contribution in [3.63, 3.8) is 0 Å². The van der Waals surface area contributed by atoms with Crippen molar-refractivity contribution in [3.05, 3.63) is 76.8 Å². The lowest BCUT2D eigenvalue weighted by Gasteiger charge is -2.00. The maximum atomic E-state index is 6.21. The van der Waals surface area contributed by atoms with Crippen LogP contribution >= 0.6 is 11.6 Å². The average Bonchev–Trinajstić information content (AvgIpc) is 2.31. The van der Waals surface area contributed by atoms with E-state index in [1.54, 1.807) is 0 Å². The molecule has 0 aromatic heterocycles. The molecule has 0 nitrogen and oxygen atoms in total. The molecule has 2 aromatic rings. The third kappa shape index (κ3) is 3.25. The van der Waals surface area contributed by atoms with Gasteiger partial charge >= 0.3 is 0 Å². The van der Waals surface area contributed by atoms with Gasteiger partial charge < -0.3 is 0 Å². The highest BCUT2D eigenvalue weighted by Gasteiger charge is 1.96. The van der Waals surface area contributed by atoms with E-state index < -0.39 is 0 Å². The molecular weight excluding hydrogens is 216 g/mol. The summed E-state index contributed by atoms with van der Waals surface area (Å²) in [5, 5.41) is 0.859. The number of rotatable bonds is 3. The van der Waals surface area contributed by atoms with Crippen LogP contribution in [0.3, 0.4) is 0 Å². The van der Waals surface area contributed by atoms with E-state index in [1.807, 2.05) is 54.6 Å². The van der Waals surface area contributed by atoms with Crippen molar-refractivity contribution >= 4 is 17.7 Å². The molecule has 2 rings (SSSR count). The Morgan fingerprint density at radius 1 is 0.875 bits per heavy atom. The minimum Gasteiger partial charge on any atom is -0.0888 e. The van der Waals surface area contributed by atoms with Gasteiger partial charge in [-0.25, -0.2) is 0 Å². The van der Waals surface area contributed by atoms with Gasteiger partial charge in [-0.1, -0.05) is 72.3 Å². The van der Waals surface area contributed by atoms with Gasteiger partial charge in [-0.2, -0.15) is 0 Å². The first-order valence-electron chi connectivity index (χ1n) is 5.29. The first-order valence-corrected chi connectivity index (χ1v) is 5.67. The zero-order valence-electron chi connectivity index (χ0n) is 8.94. The SMILES string of the molecule is ClC(=Cc1ccccc1)Cc1ccccc1. The highest BCUT2D eigenvalue weighted by atomic mass is 35.5. The van der Waals surface area contributed by atoms with Crippen LogP contribution < -0.4 is 0 Å². The summed E-state index contributed by atoms with van der Waals surface area (Å²) in [5.41, 5.74) is 2.38. The lowest BCUT2D eigenvalue weighted by molar-refractivity contribution is 1.25. The number of hydrogen-bond acceptors (Lipinski definition) is 0. The zero-order chi connectivity index (χ0) is 11.2. The molecule has 0 bridgehead atoms. The van der Waals surface area contributed by atoms with Crippen LogP contribution in [0.25, 0.3) is 6.08 Å².